The number of carbonyl (C=O) groups is 1. The molecule has 2 rings (SSSR count). The van der Waals surface area contributed by atoms with Crippen molar-refractivity contribution in [3.05, 3.63) is 36.0 Å². The molecule has 0 fully saturated rings. The largest absolute Gasteiger partial charge is 0.480 e. The Hall–Kier alpha value is -1.81. The van der Waals surface area contributed by atoms with Gasteiger partial charge in [0.2, 0.25) is 0 Å². The van der Waals surface area contributed by atoms with Crippen molar-refractivity contribution in [3.63, 3.8) is 0 Å². The second-order valence-corrected chi connectivity index (χ2v) is 4.26. The van der Waals surface area contributed by atoms with Crippen LogP contribution >= 0.6 is 0 Å². The molecule has 1 aromatic carbocycles. The summed E-state index contributed by atoms with van der Waals surface area (Å²) >= 11 is 0. The van der Waals surface area contributed by atoms with Gasteiger partial charge < -0.3 is 15.8 Å². The molecule has 1 heterocycles. The predicted octanol–water partition coefficient (Wildman–Crippen LogP) is 1.51. The Labute approximate surface area is 93.1 Å². The van der Waals surface area contributed by atoms with E-state index >= 15 is 0 Å². The molecular formula is C12H14N2O2. The second-order valence-electron chi connectivity index (χ2n) is 4.26. The number of hydrogen-bond donors (Lipinski definition) is 3. The maximum absolute atomic E-state index is 10.9. The van der Waals surface area contributed by atoms with Gasteiger partial charge in [-0.05, 0) is 18.6 Å². The van der Waals surface area contributed by atoms with E-state index in [1.165, 1.54) is 6.92 Å². The van der Waals surface area contributed by atoms with E-state index in [1.54, 1.807) is 0 Å². The average molecular weight is 220 g/mol. The van der Waals surface area contributed by atoms with Crippen molar-refractivity contribution in [1.29, 1.82) is 0 Å². The van der Waals surface area contributed by atoms with Crippen LogP contribution in [-0.2, 0) is 11.2 Å². The summed E-state index contributed by atoms with van der Waals surface area (Å²) in [6.45, 7) is 1.52. The molecule has 0 saturated carbocycles. The van der Waals surface area contributed by atoms with Crippen molar-refractivity contribution < 1.29 is 9.90 Å². The third kappa shape index (κ3) is 1.79. The molecule has 0 radical (unpaired) electrons. The molecule has 1 atom stereocenters. The van der Waals surface area contributed by atoms with Crippen LogP contribution in [0.4, 0.5) is 0 Å². The molecule has 16 heavy (non-hydrogen) atoms. The summed E-state index contributed by atoms with van der Waals surface area (Å²) in [6.07, 6.45) is 2.13. The molecule has 4 heteroatoms. The highest BCUT2D eigenvalue weighted by Gasteiger charge is 2.28. The Morgan fingerprint density at radius 1 is 1.50 bits per heavy atom. The smallest absolute Gasteiger partial charge is 0.323 e. The van der Waals surface area contributed by atoms with Crippen LogP contribution in [0.1, 0.15) is 12.5 Å². The number of H-pyrrole nitrogens is 1. The van der Waals surface area contributed by atoms with E-state index < -0.39 is 11.5 Å². The minimum atomic E-state index is -1.23. The number of rotatable bonds is 3. The molecule has 1 aromatic heterocycles. The number of nitrogens with two attached hydrogens (primary N) is 1. The van der Waals surface area contributed by atoms with Crippen LogP contribution in [0, 0.1) is 0 Å². The number of hydrogen-bond acceptors (Lipinski definition) is 2. The first-order valence-electron chi connectivity index (χ1n) is 5.08. The Kier molecular flexibility index (Phi) is 2.44. The predicted molar refractivity (Wildman–Crippen MR) is 62.2 cm³/mol. The minimum Gasteiger partial charge on any atom is -0.480 e. The van der Waals surface area contributed by atoms with E-state index in [0.29, 0.717) is 6.42 Å². The Morgan fingerprint density at radius 2 is 2.19 bits per heavy atom. The van der Waals surface area contributed by atoms with Crippen molar-refractivity contribution >= 4 is 16.9 Å². The molecule has 0 aliphatic rings. The number of fused-ring (bicyclic) bond motifs is 1. The van der Waals surface area contributed by atoms with Gasteiger partial charge in [0.25, 0.3) is 0 Å². The number of para-hydroxylation sites is 1. The maximum atomic E-state index is 10.9. The van der Waals surface area contributed by atoms with E-state index in [0.717, 1.165) is 16.5 Å². The molecule has 84 valence electrons. The molecule has 4 N–H and O–H groups in total. The Morgan fingerprint density at radius 3 is 2.88 bits per heavy atom. The number of nitrogens with one attached hydrogen (secondary N) is 1. The normalized spacial score (nSPS) is 14.9. The van der Waals surface area contributed by atoms with Crippen LogP contribution in [0.15, 0.2) is 30.5 Å². The fourth-order valence-corrected chi connectivity index (χ4v) is 1.75. The van der Waals surface area contributed by atoms with Gasteiger partial charge in [-0.3, -0.25) is 4.79 Å². The SMILES string of the molecule is [14CH3][C@](N)(Cc1c[nH]c2ccccc12)C(=O)O. The lowest BCUT2D eigenvalue weighted by Crippen LogP contribution is -2.46. The molecule has 0 aliphatic heterocycles. The van der Waals surface area contributed by atoms with Gasteiger partial charge in [-0.25, -0.2) is 0 Å². The summed E-state index contributed by atoms with van der Waals surface area (Å²) in [5.74, 6) is -0.988. The van der Waals surface area contributed by atoms with Crippen molar-refractivity contribution in [2.24, 2.45) is 5.73 Å². The fourth-order valence-electron chi connectivity index (χ4n) is 1.75. The third-order valence-electron chi connectivity index (χ3n) is 2.72. The zero-order chi connectivity index (χ0) is 11.8. The summed E-state index contributed by atoms with van der Waals surface area (Å²) in [4.78, 5) is 14.0. The van der Waals surface area contributed by atoms with Crippen molar-refractivity contribution in [2.75, 3.05) is 0 Å². The van der Waals surface area contributed by atoms with Gasteiger partial charge in [0.05, 0.1) is 0 Å². The first-order valence-corrected chi connectivity index (χ1v) is 5.08. The highest BCUT2D eigenvalue weighted by atomic mass is 16.4. The first kappa shape index (κ1) is 10.7. The summed E-state index contributed by atoms with van der Waals surface area (Å²) in [5, 5.41) is 10.0. The number of carboxylic acids is 1. The molecule has 0 bridgehead atoms. The first-order chi connectivity index (χ1) is 7.50. The maximum Gasteiger partial charge on any atom is 0.323 e. The van der Waals surface area contributed by atoms with Gasteiger partial charge in [0.1, 0.15) is 5.54 Å². The van der Waals surface area contributed by atoms with Crippen LogP contribution in [-0.4, -0.2) is 21.6 Å². The molecule has 4 nitrogen and oxygen atoms in total. The topological polar surface area (TPSA) is 79.1 Å². The van der Waals surface area contributed by atoms with Crippen molar-refractivity contribution in [2.45, 2.75) is 18.9 Å². The molecular weight excluding hydrogens is 206 g/mol. The van der Waals surface area contributed by atoms with Gasteiger partial charge in [-0.2, -0.15) is 0 Å². The molecule has 0 spiro atoms. The zero-order valence-corrected chi connectivity index (χ0v) is 9.03. The fraction of sp³-hybridized carbons (Fsp3) is 0.250. The molecule has 0 unspecified atom stereocenters. The van der Waals surface area contributed by atoms with Crippen LogP contribution in [0.3, 0.4) is 0 Å². The van der Waals surface area contributed by atoms with E-state index in [9.17, 15) is 4.79 Å². The molecule has 0 saturated heterocycles. The molecule has 2 aromatic rings. The van der Waals surface area contributed by atoms with E-state index in [1.807, 2.05) is 30.5 Å². The highest BCUT2D eigenvalue weighted by molar-refractivity contribution is 5.85. The lowest BCUT2D eigenvalue weighted by atomic mass is 10.0. The number of benzene rings is 1. The lowest BCUT2D eigenvalue weighted by molar-refractivity contribution is -0.142. The third-order valence-corrected chi connectivity index (χ3v) is 2.72. The van der Waals surface area contributed by atoms with E-state index in [-0.39, 0.29) is 0 Å². The molecule has 0 amide bonds. The van der Waals surface area contributed by atoms with Crippen LogP contribution in [0.25, 0.3) is 10.9 Å². The summed E-state index contributed by atoms with van der Waals surface area (Å²) < 4.78 is 0. The van der Waals surface area contributed by atoms with E-state index in [4.69, 9.17) is 10.8 Å². The molecule has 0 aliphatic carbocycles. The summed E-state index contributed by atoms with van der Waals surface area (Å²) in [7, 11) is 0. The summed E-state index contributed by atoms with van der Waals surface area (Å²) in [6, 6.07) is 7.77. The summed E-state index contributed by atoms with van der Waals surface area (Å²) in [5.41, 5.74) is 6.43. The number of aromatic amines is 1. The number of aliphatic carboxylic acids is 1. The van der Waals surface area contributed by atoms with Crippen LogP contribution < -0.4 is 5.73 Å². The lowest BCUT2D eigenvalue weighted by Gasteiger charge is -2.18. The highest BCUT2D eigenvalue weighted by Crippen LogP contribution is 2.21. The van der Waals surface area contributed by atoms with Gasteiger partial charge >= 0.3 is 5.97 Å². The van der Waals surface area contributed by atoms with Gasteiger partial charge in [0, 0.05) is 23.5 Å². The average Bonchev–Trinajstić information content (AvgIpc) is 2.61. The quantitative estimate of drug-likeness (QED) is 0.733. The van der Waals surface area contributed by atoms with Crippen LogP contribution in [0.2, 0.25) is 0 Å². The monoisotopic (exact) mass is 220 g/mol. The Bertz CT molecular complexity index is 529. The number of aromatic nitrogens is 1. The standard InChI is InChI=1S/C12H14N2O2/c1-12(13,11(15)16)6-8-7-14-10-5-3-2-4-9(8)10/h2-5,7,14H,6,13H2,1H3,(H,15,16)/t12-/m0/s1/i1+2. The zero-order valence-electron chi connectivity index (χ0n) is 9.03. The van der Waals surface area contributed by atoms with Gasteiger partial charge in [-0.1, -0.05) is 18.2 Å². The second kappa shape index (κ2) is 3.64. The van der Waals surface area contributed by atoms with Gasteiger partial charge in [0.15, 0.2) is 0 Å². The van der Waals surface area contributed by atoms with E-state index in [2.05, 4.69) is 4.98 Å². The minimum absolute atomic E-state index is 0.312. The van der Waals surface area contributed by atoms with Crippen LogP contribution in [0.5, 0.6) is 0 Å². The Balaban J connectivity index is 2.38. The van der Waals surface area contributed by atoms with Crippen molar-refractivity contribution in [1.82, 2.24) is 4.98 Å². The van der Waals surface area contributed by atoms with Crippen molar-refractivity contribution in [3.8, 4) is 0 Å². The number of carboxylic acid groups (broad SMARTS) is 1. The van der Waals surface area contributed by atoms with Gasteiger partial charge in [-0.15, -0.1) is 0 Å².